The monoisotopic (exact) mass is 279 g/mol. The lowest BCUT2D eigenvalue weighted by Gasteiger charge is -2.29. The van der Waals surface area contributed by atoms with Crippen LogP contribution in [0.15, 0.2) is 10.9 Å². The predicted octanol–water partition coefficient (Wildman–Crippen LogP) is 1.78. The third-order valence-corrected chi connectivity index (χ3v) is 3.87. The van der Waals surface area contributed by atoms with E-state index in [0.29, 0.717) is 36.6 Å². The first-order valence-corrected chi connectivity index (χ1v) is 6.89. The van der Waals surface area contributed by atoms with Gasteiger partial charge in [0.05, 0.1) is 24.3 Å². The summed E-state index contributed by atoms with van der Waals surface area (Å²) in [5, 5.41) is 0. The van der Waals surface area contributed by atoms with Crippen molar-refractivity contribution < 1.29 is 14.3 Å². The molecule has 1 aliphatic rings. The number of carbonyl (C=O) groups excluding carboxylic acids is 1. The summed E-state index contributed by atoms with van der Waals surface area (Å²) >= 11 is 0. The molecule has 1 fully saturated rings. The Bertz CT molecular complexity index is 582. The van der Waals surface area contributed by atoms with E-state index in [1.165, 1.54) is 6.07 Å². The maximum atomic E-state index is 12.3. The average Bonchev–Trinajstić information content (AvgIpc) is 2.76. The molecule has 0 radical (unpaired) electrons. The Balaban J connectivity index is 2.61. The summed E-state index contributed by atoms with van der Waals surface area (Å²) in [5.74, 6) is -0.376. The van der Waals surface area contributed by atoms with E-state index >= 15 is 0 Å². The predicted molar refractivity (Wildman–Crippen MR) is 75.2 cm³/mol. The Hall–Kier alpha value is -1.62. The number of nitrogens with zero attached hydrogens (tertiary/aromatic N) is 1. The molecule has 2 rings (SSSR count). The molecule has 0 amide bonds. The minimum atomic E-state index is -0.393. The van der Waals surface area contributed by atoms with Gasteiger partial charge in [-0.2, -0.15) is 0 Å². The second-order valence-corrected chi connectivity index (χ2v) is 5.48. The lowest BCUT2D eigenvalue weighted by molar-refractivity contribution is 0.0522. The molecule has 0 bridgehead atoms. The lowest BCUT2D eigenvalue weighted by atomic mass is 9.98. The van der Waals surface area contributed by atoms with Crippen LogP contribution in [-0.2, 0) is 15.0 Å². The zero-order valence-electron chi connectivity index (χ0n) is 12.5. The van der Waals surface area contributed by atoms with E-state index in [4.69, 9.17) is 9.47 Å². The Kier molecular flexibility index (Phi) is 3.99. The number of esters is 1. The van der Waals surface area contributed by atoms with Crippen LogP contribution in [0.4, 0.5) is 0 Å². The van der Waals surface area contributed by atoms with Crippen molar-refractivity contribution in [2.45, 2.75) is 39.7 Å². The first-order chi connectivity index (χ1) is 9.40. The van der Waals surface area contributed by atoms with Crippen LogP contribution in [0.5, 0.6) is 0 Å². The van der Waals surface area contributed by atoms with Gasteiger partial charge in [0.1, 0.15) is 0 Å². The fourth-order valence-corrected chi connectivity index (χ4v) is 2.90. The van der Waals surface area contributed by atoms with Crippen LogP contribution in [0, 0.1) is 13.8 Å². The van der Waals surface area contributed by atoms with Crippen LogP contribution in [0.25, 0.3) is 0 Å². The standard InChI is InChI=1S/C15H21NO4/c1-5-20-14(18)13-10(2)8-12(17)16(11(13)3)15(4)6-7-19-9-15/h8H,5-7,9H2,1-4H3. The normalized spacial score (nSPS) is 22.0. The summed E-state index contributed by atoms with van der Waals surface area (Å²) in [6.45, 7) is 8.74. The highest BCUT2D eigenvalue weighted by atomic mass is 16.5. The minimum absolute atomic E-state index is 0.0963. The van der Waals surface area contributed by atoms with E-state index in [1.54, 1.807) is 25.3 Å². The van der Waals surface area contributed by atoms with Gasteiger partial charge in [0, 0.05) is 18.4 Å². The summed E-state index contributed by atoms with van der Waals surface area (Å²) in [6, 6.07) is 1.50. The third-order valence-electron chi connectivity index (χ3n) is 3.87. The van der Waals surface area contributed by atoms with Crippen molar-refractivity contribution in [1.29, 1.82) is 0 Å². The van der Waals surface area contributed by atoms with Gasteiger partial charge in [-0.25, -0.2) is 4.79 Å². The topological polar surface area (TPSA) is 57.5 Å². The number of aromatic nitrogens is 1. The molecule has 0 saturated carbocycles. The van der Waals surface area contributed by atoms with Gasteiger partial charge < -0.3 is 14.0 Å². The molecule has 1 aromatic heterocycles. The molecule has 1 saturated heterocycles. The van der Waals surface area contributed by atoms with Crippen LogP contribution in [-0.4, -0.2) is 30.4 Å². The van der Waals surface area contributed by atoms with Gasteiger partial charge in [-0.3, -0.25) is 4.79 Å². The molecular formula is C15H21NO4. The molecule has 5 heteroatoms. The number of carbonyl (C=O) groups is 1. The summed E-state index contributed by atoms with van der Waals surface area (Å²) in [6.07, 6.45) is 0.763. The molecule has 5 nitrogen and oxygen atoms in total. The summed E-state index contributed by atoms with van der Waals surface area (Å²) < 4.78 is 12.2. The van der Waals surface area contributed by atoms with Crippen molar-refractivity contribution in [1.82, 2.24) is 4.57 Å². The number of ether oxygens (including phenoxy) is 2. The molecule has 20 heavy (non-hydrogen) atoms. The van der Waals surface area contributed by atoms with E-state index in [0.717, 1.165) is 6.42 Å². The quantitative estimate of drug-likeness (QED) is 0.791. The fourth-order valence-electron chi connectivity index (χ4n) is 2.90. The fraction of sp³-hybridized carbons (Fsp3) is 0.600. The van der Waals surface area contributed by atoms with Gasteiger partial charge in [-0.15, -0.1) is 0 Å². The molecule has 0 spiro atoms. The van der Waals surface area contributed by atoms with Crippen molar-refractivity contribution in [3.8, 4) is 0 Å². The minimum Gasteiger partial charge on any atom is -0.462 e. The number of hydrogen-bond donors (Lipinski definition) is 0. The Labute approximate surface area is 118 Å². The Morgan fingerprint density at radius 3 is 2.75 bits per heavy atom. The smallest absolute Gasteiger partial charge is 0.340 e. The summed E-state index contributed by atoms with van der Waals surface area (Å²) in [5.41, 5.74) is 1.31. The Morgan fingerprint density at radius 1 is 1.50 bits per heavy atom. The summed E-state index contributed by atoms with van der Waals surface area (Å²) in [7, 11) is 0. The van der Waals surface area contributed by atoms with Gasteiger partial charge >= 0.3 is 5.97 Å². The van der Waals surface area contributed by atoms with Gasteiger partial charge in [0.2, 0.25) is 0 Å². The van der Waals surface area contributed by atoms with Crippen LogP contribution in [0.3, 0.4) is 0 Å². The highest BCUT2D eigenvalue weighted by molar-refractivity contribution is 5.92. The van der Waals surface area contributed by atoms with Crippen molar-refractivity contribution in [3.63, 3.8) is 0 Å². The third kappa shape index (κ3) is 2.38. The lowest BCUT2D eigenvalue weighted by Crippen LogP contribution is -2.41. The summed E-state index contributed by atoms with van der Waals surface area (Å²) in [4.78, 5) is 24.4. The first kappa shape index (κ1) is 14.8. The highest BCUT2D eigenvalue weighted by Gasteiger charge is 2.35. The molecule has 0 aliphatic carbocycles. The van der Waals surface area contributed by atoms with Gasteiger partial charge in [0.15, 0.2) is 0 Å². The Morgan fingerprint density at radius 2 is 2.20 bits per heavy atom. The van der Waals surface area contributed by atoms with Gasteiger partial charge in [-0.05, 0) is 39.7 Å². The van der Waals surface area contributed by atoms with E-state index in [1.807, 2.05) is 6.92 Å². The van der Waals surface area contributed by atoms with Crippen molar-refractivity contribution >= 4 is 5.97 Å². The van der Waals surface area contributed by atoms with Crippen LogP contribution in [0.1, 0.15) is 41.9 Å². The first-order valence-electron chi connectivity index (χ1n) is 6.89. The van der Waals surface area contributed by atoms with E-state index in [-0.39, 0.29) is 11.5 Å². The zero-order chi connectivity index (χ0) is 14.9. The van der Waals surface area contributed by atoms with E-state index < -0.39 is 5.54 Å². The second-order valence-electron chi connectivity index (χ2n) is 5.48. The molecule has 1 atom stereocenters. The number of rotatable bonds is 3. The van der Waals surface area contributed by atoms with Crippen LogP contribution in [0.2, 0.25) is 0 Å². The molecule has 1 unspecified atom stereocenters. The zero-order valence-corrected chi connectivity index (χ0v) is 12.5. The number of pyridine rings is 1. The average molecular weight is 279 g/mol. The van der Waals surface area contributed by atoms with E-state index in [2.05, 4.69) is 0 Å². The molecule has 110 valence electrons. The molecule has 1 aromatic rings. The van der Waals surface area contributed by atoms with Crippen molar-refractivity contribution in [2.75, 3.05) is 19.8 Å². The SMILES string of the molecule is CCOC(=O)c1c(C)cc(=O)n(C2(C)CCOC2)c1C. The molecule has 2 heterocycles. The largest absolute Gasteiger partial charge is 0.462 e. The van der Waals surface area contributed by atoms with Crippen molar-refractivity contribution in [2.24, 2.45) is 0 Å². The van der Waals surface area contributed by atoms with E-state index in [9.17, 15) is 9.59 Å². The molecule has 1 aliphatic heterocycles. The highest BCUT2D eigenvalue weighted by Crippen LogP contribution is 2.28. The molecule has 0 aromatic carbocycles. The van der Waals surface area contributed by atoms with Crippen LogP contribution < -0.4 is 5.56 Å². The second kappa shape index (κ2) is 5.40. The maximum Gasteiger partial charge on any atom is 0.340 e. The van der Waals surface area contributed by atoms with Gasteiger partial charge in [0.25, 0.3) is 5.56 Å². The van der Waals surface area contributed by atoms with Gasteiger partial charge in [-0.1, -0.05) is 0 Å². The maximum absolute atomic E-state index is 12.3. The number of aryl methyl sites for hydroxylation is 1. The molecule has 0 N–H and O–H groups in total. The van der Waals surface area contributed by atoms with Crippen LogP contribution >= 0.6 is 0 Å². The van der Waals surface area contributed by atoms with Crippen molar-refractivity contribution in [3.05, 3.63) is 33.2 Å². The number of hydrogen-bond acceptors (Lipinski definition) is 4. The molecular weight excluding hydrogens is 258 g/mol.